The quantitative estimate of drug-likeness (QED) is 0.0681. The lowest BCUT2D eigenvalue weighted by Gasteiger charge is -2.40. The molecule has 6 heteroatoms. The number of esters is 1. The van der Waals surface area contributed by atoms with E-state index in [0.29, 0.717) is 12.3 Å². The predicted octanol–water partition coefficient (Wildman–Crippen LogP) is 9.38. The van der Waals surface area contributed by atoms with Crippen molar-refractivity contribution in [2.24, 2.45) is 17.8 Å². The first-order valence-corrected chi connectivity index (χ1v) is 19.2. The molecular weight excluding hydrogens is 571 g/mol. The van der Waals surface area contributed by atoms with Crippen molar-refractivity contribution in [2.75, 3.05) is 5.33 Å². The zero-order chi connectivity index (χ0) is 28.6. The van der Waals surface area contributed by atoms with Crippen LogP contribution in [0.25, 0.3) is 0 Å². The fraction of sp³-hybridized carbons (Fsp3) is 0.727. The van der Waals surface area contributed by atoms with Crippen molar-refractivity contribution in [3.8, 4) is 0 Å². The van der Waals surface area contributed by atoms with Gasteiger partial charge in [0.1, 0.15) is 12.3 Å². The summed E-state index contributed by atoms with van der Waals surface area (Å²) in [5.41, 5.74) is 3.00. The Morgan fingerprint density at radius 1 is 1.10 bits per heavy atom. The van der Waals surface area contributed by atoms with Gasteiger partial charge in [-0.25, -0.2) is 4.39 Å². The van der Waals surface area contributed by atoms with Crippen LogP contribution in [0.5, 0.6) is 0 Å². The fourth-order valence-electron chi connectivity index (χ4n) is 6.26. The summed E-state index contributed by atoms with van der Waals surface area (Å²) in [6.07, 6.45) is 12.6. The summed E-state index contributed by atoms with van der Waals surface area (Å²) in [6, 6.07) is 8.84. The summed E-state index contributed by atoms with van der Waals surface area (Å²) in [5.74, 6) is 0.287. The first kappa shape index (κ1) is 32.5. The van der Waals surface area contributed by atoms with Crippen LogP contribution in [-0.4, -0.2) is 38.0 Å². The second-order valence-corrected chi connectivity index (χ2v) is 19.0. The Morgan fingerprint density at radius 3 is 2.33 bits per heavy atom. The van der Waals surface area contributed by atoms with Crippen LogP contribution in [0.4, 0.5) is 4.39 Å². The average molecular weight is 624 g/mol. The van der Waals surface area contributed by atoms with Gasteiger partial charge in [-0.05, 0) is 98.9 Å². The molecule has 1 saturated carbocycles. The Bertz CT molecular complexity index is 918. The minimum atomic E-state index is -1.97. The third-order valence-corrected chi connectivity index (χ3v) is 14.6. The third kappa shape index (κ3) is 9.53. The highest BCUT2D eigenvalue weighted by atomic mass is 79.9. The monoisotopic (exact) mass is 622 g/mol. The number of ether oxygens (including phenoxy) is 1. The van der Waals surface area contributed by atoms with Gasteiger partial charge < -0.3 is 9.16 Å². The molecule has 220 valence electrons. The van der Waals surface area contributed by atoms with E-state index in [0.717, 1.165) is 63.1 Å². The summed E-state index contributed by atoms with van der Waals surface area (Å²) in [4.78, 5) is 11.8. The standard InChI is InChI=1S/C33H52BrFO3Si/c1-24(36)37-32-23-31(35)29(30(32)15-9-7-8-12-20-34)19-18-28(38-39(5,6)33(2,3)4)17-16-25-21-26-13-10-11-14-27(26)22-25/h7,9-11,13-14,25,28-32H,8,12,15-23H2,1-6H3/b9-7+. The van der Waals surface area contributed by atoms with E-state index < -0.39 is 14.5 Å². The van der Waals surface area contributed by atoms with E-state index in [4.69, 9.17) is 9.16 Å². The topological polar surface area (TPSA) is 35.5 Å². The number of alkyl halides is 2. The number of allylic oxidation sites excluding steroid dienone is 2. The zero-order valence-corrected chi connectivity index (χ0v) is 27.8. The molecule has 1 fully saturated rings. The van der Waals surface area contributed by atoms with Crippen LogP contribution in [-0.2, 0) is 26.8 Å². The average Bonchev–Trinajstić information content (AvgIpc) is 3.39. The fourth-order valence-corrected chi connectivity index (χ4v) is 8.01. The number of halogens is 2. The van der Waals surface area contributed by atoms with Crippen molar-refractivity contribution in [3.63, 3.8) is 0 Å². The predicted molar refractivity (Wildman–Crippen MR) is 167 cm³/mol. The van der Waals surface area contributed by atoms with E-state index >= 15 is 4.39 Å². The Balaban J connectivity index is 1.68. The molecular formula is C33H52BrFO3Si. The van der Waals surface area contributed by atoms with Gasteiger partial charge in [0.25, 0.3) is 0 Å². The number of rotatable bonds is 14. The molecule has 1 aromatic carbocycles. The molecule has 0 amide bonds. The molecule has 1 aromatic rings. The van der Waals surface area contributed by atoms with Gasteiger partial charge in [-0.1, -0.05) is 73.1 Å². The molecule has 2 aliphatic rings. The van der Waals surface area contributed by atoms with E-state index in [2.05, 4.69) is 86.2 Å². The van der Waals surface area contributed by atoms with Gasteiger partial charge >= 0.3 is 5.97 Å². The number of unbranched alkanes of at least 4 members (excludes halogenated alkanes) is 1. The lowest BCUT2D eigenvalue weighted by atomic mass is 9.85. The number of hydrogen-bond acceptors (Lipinski definition) is 3. The molecule has 0 heterocycles. The molecule has 39 heavy (non-hydrogen) atoms. The zero-order valence-electron chi connectivity index (χ0n) is 25.2. The number of carbonyl (C=O) groups is 1. The van der Waals surface area contributed by atoms with Crippen molar-refractivity contribution >= 4 is 30.2 Å². The van der Waals surface area contributed by atoms with Crippen molar-refractivity contribution < 1.29 is 18.3 Å². The summed E-state index contributed by atoms with van der Waals surface area (Å²) in [6.45, 7) is 13.0. The molecule has 0 bridgehead atoms. The summed E-state index contributed by atoms with van der Waals surface area (Å²) < 4.78 is 28.1. The van der Waals surface area contributed by atoms with Gasteiger partial charge in [-0.15, -0.1) is 0 Å². The van der Waals surface area contributed by atoms with Gasteiger partial charge in [0.15, 0.2) is 8.32 Å². The van der Waals surface area contributed by atoms with E-state index in [9.17, 15) is 4.79 Å². The Labute approximate surface area is 247 Å². The van der Waals surface area contributed by atoms with Crippen molar-refractivity contribution in [1.82, 2.24) is 0 Å². The number of fused-ring (bicyclic) bond motifs is 1. The molecule has 0 N–H and O–H groups in total. The van der Waals surface area contributed by atoms with Crippen LogP contribution in [0, 0.1) is 17.8 Å². The third-order valence-electron chi connectivity index (χ3n) is 9.47. The molecule has 0 spiro atoms. The van der Waals surface area contributed by atoms with E-state index in [1.165, 1.54) is 18.1 Å². The number of carbonyl (C=O) groups excluding carboxylic acids is 1. The summed E-state index contributed by atoms with van der Waals surface area (Å²) in [7, 11) is -1.97. The molecule has 0 aliphatic heterocycles. The van der Waals surface area contributed by atoms with Crippen LogP contribution in [0.15, 0.2) is 36.4 Å². The molecule has 3 rings (SSSR count). The van der Waals surface area contributed by atoms with Crippen molar-refractivity contribution in [1.29, 1.82) is 0 Å². The first-order chi connectivity index (χ1) is 18.4. The van der Waals surface area contributed by atoms with Crippen molar-refractivity contribution in [2.45, 2.75) is 128 Å². The SMILES string of the molecule is CC(=O)OC1CC(F)C(CCC(CCC2Cc3ccccc3C2)O[Si](C)(C)C(C)(C)C)C1C/C=C/CCCBr. The smallest absolute Gasteiger partial charge is 0.302 e. The lowest BCUT2D eigenvalue weighted by Crippen LogP contribution is -2.44. The summed E-state index contributed by atoms with van der Waals surface area (Å²) in [5, 5.41) is 1.11. The van der Waals surface area contributed by atoms with Gasteiger partial charge in [0, 0.05) is 30.7 Å². The first-order valence-electron chi connectivity index (χ1n) is 15.2. The Kier molecular flexibility index (Phi) is 12.3. The maximum absolute atomic E-state index is 15.5. The van der Waals surface area contributed by atoms with Gasteiger partial charge in [0.05, 0.1) is 0 Å². The molecule has 0 aromatic heterocycles. The maximum Gasteiger partial charge on any atom is 0.302 e. The van der Waals surface area contributed by atoms with Crippen LogP contribution >= 0.6 is 15.9 Å². The molecule has 5 unspecified atom stereocenters. The molecule has 3 nitrogen and oxygen atoms in total. The lowest BCUT2D eigenvalue weighted by molar-refractivity contribution is -0.148. The Morgan fingerprint density at radius 2 is 1.74 bits per heavy atom. The van der Waals surface area contributed by atoms with E-state index in [1.807, 2.05) is 0 Å². The van der Waals surface area contributed by atoms with Gasteiger partial charge in [-0.3, -0.25) is 4.79 Å². The maximum atomic E-state index is 15.5. The highest BCUT2D eigenvalue weighted by molar-refractivity contribution is 9.09. The van der Waals surface area contributed by atoms with Crippen molar-refractivity contribution in [3.05, 3.63) is 47.5 Å². The number of hydrogen-bond donors (Lipinski definition) is 0. The van der Waals surface area contributed by atoms with Crippen LogP contribution in [0.3, 0.4) is 0 Å². The van der Waals surface area contributed by atoms with E-state index in [1.54, 1.807) is 0 Å². The molecule has 0 radical (unpaired) electrons. The minimum Gasteiger partial charge on any atom is -0.462 e. The van der Waals surface area contributed by atoms with Crippen LogP contribution in [0.1, 0.15) is 90.2 Å². The highest BCUT2D eigenvalue weighted by Crippen LogP contribution is 2.44. The van der Waals surface area contributed by atoms with Gasteiger partial charge in [-0.2, -0.15) is 0 Å². The minimum absolute atomic E-state index is 0.0296. The molecule has 5 atom stereocenters. The highest BCUT2D eigenvalue weighted by Gasteiger charge is 2.45. The largest absolute Gasteiger partial charge is 0.462 e. The number of benzene rings is 1. The van der Waals surface area contributed by atoms with Crippen LogP contribution in [0.2, 0.25) is 18.1 Å². The molecule has 0 saturated heterocycles. The normalized spacial score (nSPS) is 24.8. The second-order valence-electron chi connectivity index (χ2n) is 13.5. The Hall–Kier alpha value is -0.983. The van der Waals surface area contributed by atoms with E-state index in [-0.39, 0.29) is 35.1 Å². The van der Waals surface area contributed by atoms with Gasteiger partial charge in [0.2, 0.25) is 0 Å². The second kappa shape index (κ2) is 14.8. The summed E-state index contributed by atoms with van der Waals surface area (Å²) >= 11 is 3.48. The van der Waals surface area contributed by atoms with Crippen LogP contribution < -0.4 is 0 Å². The molecule has 2 aliphatic carbocycles.